The van der Waals surface area contributed by atoms with E-state index in [4.69, 9.17) is 16.8 Å². The summed E-state index contributed by atoms with van der Waals surface area (Å²) in [5.41, 5.74) is 1.65. The fourth-order valence-electron chi connectivity index (χ4n) is 6.27. The molecule has 0 spiro atoms. The highest BCUT2D eigenvalue weighted by Gasteiger charge is 2.22. The van der Waals surface area contributed by atoms with E-state index >= 15 is 0 Å². The molecule has 9 rings (SSSR count). The molecule has 0 N–H and O–H groups in total. The highest BCUT2D eigenvalue weighted by atomic mass is 16.3. The second-order valence-electron chi connectivity index (χ2n) is 10.2. The molecule has 0 saturated heterocycles. The van der Waals surface area contributed by atoms with Crippen LogP contribution in [-0.2, 0) is 0 Å². The van der Waals surface area contributed by atoms with E-state index in [1.165, 1.54) is 0 Å². The summed E-state index contributed by atoms with van der Waals surface area (Å²) < 4.78 is 123. The first kappa shape index (κ1) is 14.5. The lowest BCUT2D eigenvalue weighted by molar-refractivity contribution is 0.669. The fourth-order valence-corrected chi connectivity index (χ4v) is 6.27. The third-order valence-electron chi connectivity index (χ3n) is 8.00. The highest BCUT2D eigenvalue weighted by Crippen LogP contribution is 2.49. The summed E-state index contributed by atoms with van der Waals surface area (Å²) in [4.78, 5) is 0. The Hall–Kier alpha value is -5.66. The van der Waals surface area contributed by atoms with Crippen LogP contribution in [0.5, 0.6) is 0 Å². The Kier molecular flexibility index (Phi) is 3.18. The molecule has 0 aliphatic heterocycles. The maximum Gasteiger partial charge on any atom is 0.136 e. The third kappa shape index (κ3) is 3.58. The summed E-state index contributed by atoms with van der Waals surface area (Å²) in [5.74, 6) is 0. The number of hydrogen-bond acceptors (Lipinski definition) is 1. The number of benzene rings is 8. The second kappa shape index (κ2) is 9.44. The van der Waals surface area contributed by atoms with E-state index in [0.29, 0.717) is 38.3 Å². The van der Waals surface area contributed by atoms with E-state index in [1.54, 1.807) is 60.7 Å². The number of para-hydroxylation sites is 1. The molecule has 200 valence electrons. The molecular weight excluding hydrogens is 520 g/mol. The largest absolute Gasteiger partial charge is 0.456 e. The Balaban J connectivity index is 1.63. The zero-order valence-corrected chi connectivity index (χ0v) is 22.4. The van der Waals surface area contributed by atoms with Crippen LogP contribution in [-0.4, -0.2) is 0 Å². The topological polar surface area (TPSA) is 13.1 Å². The quantitative estimate of drug-likeness (QED) is 0.196. The Morgan fingerprint density at radius 1 is 0.395 bits per heavy atom. The zero-order valence-electron chi connectivity index (χ0n) is 35.4. The molecule has 0 amide bonds. The monoisotopic (exact) mass is 559 g/mol. The number of fused-ring (bicyclic) bond motifs is 6. The summed E-state index contributed by atoms with van der Waals surface area (Å²) >= 11 is 0. The van der Waals surface area contributed by atoms with Gasteiger partial charge in [0.05, 0.1) is 17.8 Å². The van der Waals surface area contributed by atoms with Crippen LogP contribution in [0.25, 0.3) is 87.6 Å². The standard InChI is InChI=1S/C42H26O/c1-2-14-28(15-3-1)39-29-16-5-4-13-27(29)25-26-36(39)41-32-19-8-6-17-30(32)40(31-18-7-9-20-33(31)41)35-22-12-24-38-42(35)34-21-10-11-23-37(34)43-38/h1-26H/i1D,2D,3D,6D,7D,8D,9D,14D,15D,17D,18D,19D,20D. The summed E-state index contributed by atoms with van der Waals surface area (Å²) in [6, 6.07) is 15.8. The Morgan fingerprint density at radius 2 is 0.977 bits per heavy atom. The first-order valence-electron chi connectivity index (χ1n) is 20.2. The van der Waals surface area contributed by atoms with Crippen LogP contribution < -0.4 is 0 Å². The van der Waals surface area contributed by atoms with E-state index in [2.05, 4.69) is 0 Å². The number of furan rings is 1. The van der Waals surface area contributed by atoms with Crippen molar-refractivity contribution in [1.29, 1.82) is 0 Å². The van der Waals surface area contributed by atoms with Crippen LogP contribution in [0.1, 0.15) is 17.8 Å². The summed E-state index contributed by atoms with van der Waals surface area (Å²) in [7, 11) is 0. The maximum absolute atomic E-state index is 9.49. The van der Waals surface area contributed by atoms with Crippen molar-refractivity contribution in [3.8, 4) is 33.4 Å². The van der Waals surface area contributed by atoms with Gasteiger partial charge >= 0.3 is 0 Å². The van der Waals surface area contributed by atoms with Gasteiger partial charge in [0.25, 0.3) is 0 Å². The minimum atomic E-state index is -0.602. The van der Waals surface area contributed by atoms with Crippen LogP contribution >= 0.6 is 0 Å². The molecule has 0 aliphatic rings. The summed E-state index contributed by atoms with van der Waals surface area (Å²) in [6.07, 6.45) is 0. The zero-order chi connectivity index (χ0) is 39.6. The molecule has 9 aromatic rings. The van der Waals surface area contributed by atoms with Gasteiger partial charge in [0.15, 0.2) is 0 Å². The average Bonchev–Trinajstić information content (AvgIpc) is 3.60. The van der Waals surface area contributed by atoms with Crippen molar-refractivity contribution < 1.29 is 22.2 Å². The molecular formula is C42H26O. The van der Waals surface area contributed by atoms with Gasteiger partial charge < -0.3 is 4.42 Å². The first-order chi connectivity index (χ1) is 26.8. The molecule has 0 atom stereocenters. The van der Waals surface area contributed by atoms with E-state index in [-0.39, 0.29) is 49.4 Å². The fraction of sp³-hybridized carbons (Fsp3) is 0. The van der Waals surface area contributed by atoms with Crippen LogP contribution in [0.2, 0.25) is 0 Å². The Bertz CT molecular complexity index is 3130. The van der Waals surface area contributed by atoms with Gasteiger partial charge in [-0.15, -0.1) is 0 Å². The first-order valence-corrected chi connectivity index (χ1v) is 13.7. The number of hydrogen-bond donors (Lipinski definition) is 0. The lowest BCUT2D eigenvalue weighted by Crippen LogP contribution is -1.94. The van der Waals surface area contributed by atoms with Gasteiger partial charge in [0.1, 0.15) is 11.2 Å². The molecule has 1 heterocycles. The van der Waals surface area contributed by atoms with Gasteiger partial charge in [-0.25, -0.2) is 0 Å². The lowest BCUT2D eigenvalue weighted by atomic mass is 9.82. The average molecular weight is 560 g/mol. The van der Waals surface area contributed by atoms with Crippen LogP contribution in [0.15, 0.2) is 162 Å². The normalized spacial score (nSPS) is 16.0. The van der Waals surface area contributed by atoms with Gasteiger partial charge in [0.2, 0.25) is 0 Å². The second-order valence-corrected chi connectivity index (χ2v) is 10.2. The van der Waals surface area contributed by atoms with Crippen molar-refractivity contribution in [3.05, 3.63) is 157 Å². The highest BCUT2D eigenvalue weighted by molar-refractivity contribution is 6.27. The predicted octanol–water partition coefficient (Wildman–Crippen LogP) is 12.0. The lowest BCUT2D eigenvalue weighted by Gasteiger charge is -2.21. The molecule has 0 aliphatic carbocycles. The molecule has 1 aromatic heterocycles. The van der Waals surface area contributed by atoms with Gasteiger partial charge in [-0.3, -0.25) is 0 Å². The predicted molar refractivity (Wildman–Crippen MR) is 183 cm³/mol. The van der Waals surface area contributed by atoms with Crippen molar-refractivity contribution >= 4 is 54.3 Å². The van der Waals surface area contributed by atoms with Crippen molar-refractivity contribution in [2.24, 2.45) is 0 Å². The molecule has 0 radical (unpaired) electrons. The van der Waals surface area contributed by atoms with Crippen molar-refractivity contribution in [1.82, 2.24) is 0 Å². The minimum absolute atomic E-state index is 0.00505. The molecule has 0 bridgehead atoms. The third-order valence-corrected chi connectivity index (χ3v) is 8.00. The van der Waals surface area contributed by atoms with Gasteiger partial charge in [-0.1, -0.05) is 145 Å². The Morgan fingerprint density at radius 3 is 1.70 bits per heavy atom. The Labute approximate surface area is 267 Å². The van der Waals surface area contributed by atoms with Crippen molar-refractivity contribution in [2.75, 3.05) is 0 Å². The van der Waals surface area contributed by atoms with Crippen LogP contribution in [0, 0.1) is 0 Å². The van der Waals surface area contributed by atoms with E-state index < -0.39 is 78.6 Å². The van der Waals surface area contributed by atoms with Crippen molar-refractivity contribution in [2.45, 2.75) is 0 Å². The van der Waals surface area contributed by atoms with Gasteiger partial charge in [-0.2, -0.15) is 0 Å². The molecule has 8 aromatic carbocycles. The molecule has 0 saturated carbocycles. The molecule has 0 unspecified atom stereocenters. The van der Waals surface area contributed by atoms with Gasteiger partial charge in [0, 0.05) is 10.8 Å². The number of rotatable bonds is 3. The molecule has 0 fully saturated rings. The summed E-state index contributed by atoms with van der Waals surface area (Å²) in [6.45, 7) is 0. The summed E-state index contributed by atoms with van der Waals surface area (Å²) in [5, 5.41) is 2.14. The van der Waals surface area contributed by atoms with E-state index in [9.17, 15) is 5.48 Å². The molecule has 1 heteroatoms. The smallest absolute Gasteiger partial charge is 0.136 e. The molecule has 1 nitrogen and oxygen atoms in total. The molecule has 43 heavy (non-hydrogen) atoms. The van der Waals surface area contributed by atoms with E-state index in [0.717, 1.165) is 0 Å². The van der Waals surface area contributed by atoms with Crippen LogP contribution in [0.3, 0.4) is 0 Å². The SMILES string of the molecule is [2H]c1c([2H])c([2H])c(-c2c(-c3c4c([2H])c([2H])c([2H])c([2H])c4c(-c4cccc5oc6ccccc6c45)c4c([2H])c([2H])c([2H])c([2H])c34)ccc3ccccc23)c([2H])c1[2H]. The van der Waals surface area contributed by atoms with Crippen molar-refractivity contribution in [3.63, 3.8) is 0 Å². The van der Waals surface area contributed by atoms with Gasteiger partial charge in [-0.05, 0) is 77.8 Å². The maximum atomic E-state index is 9.49. The minimum Gasteiger partial charge on any atom is -0.456 e. The van der Waals surface area contributed by atoms with Crippen LogP contribution in [0.4, 0.5) is 0 Å². The van der Waals surface area contributed by atoms with E-state index in [1.807, 2.05) is 18.2 Å².